The van der Waals surface area contributed by atoms with Gasteiger partial charge in [-0.15, -0.1) is 0 Å². The molecule has 5 heteroatoms. The van der Waals surface area contributed by atoms with Crippen LogP contribution in [-0.2, 0) is 13.5 Å². The maximum absolute atomic E-state index is 11.3. The minimum Gasteiger partial charge on any atom is -0.477 e. The average Bonchev–Trinajstić information content (AvgIpc) is 2.91. The van der Waals surface area contributed by atoms with Gasteiger partial charge in [0.25, 0.3) is 0 Å². The van der Waals surface area contributed by atoms with Gasteiger partial charge in [-0.1, -0.05) is 6.92 Å². The van der Waals surface area contributed by atoms with Gasteiger partial charge >= 0.3 is 5.97 Å². The highest BCUT2D eigenvalue weighted by atomic mass is 16.4. The van der Waals surface area contributed by atoms with Gasteiger partial charge in [0.2, 0.25) is 0 Å². The van der Waals surface area contributed by atoms with Gasteiger partial charge in [0.15, 0.2) is 0 Å². The Balaban J connectivity index is 2.65. The van der Waals surface area contributed by atoms with E-state index < -0.39 is 5.97 Å². The first-order valence-corrected chi connectivity index (χ1v) is 6.43. The Bertz CT molecular complexity index is 608. The highest BCUT2D eigenvalue weighted by Crippen LogP contribution is 2.29. The Morgan fingerprint density at radius 1 is 1.42 bits per heavy atom. The number of carboxylic acids is 1. The number of aromatic nitrogens is 3. The zero-order valence-electron chi connectivity index (χ0n) is 11.7. The van der Waals surface area contributed by atoms with Gasteiger partial charge < -0.3 is 9.67 Å². The summed E-state index contributed by atoms with van der Waals surface area (Å²) in [5, 5.41) is 13.7. The van der Waals surface area contributed by atoms with Crippen molar-refractivity contribution in [1.82, 2.24) is 14.3 Å². The molecule has 2 rings (SSSR count). The molecule has 1 N–H and O–H groups in total. The van der Waals surface area contributed by atoms with Gasteiger partial charge in [-0.25, -0.2) is 4.79 Å². The lowest BCUT2D eigenvalue weighted by molar-refractivity contribution is 0.0683. The van der Waals surface area contributed by atoms with Crippen molar-refractivity contribution in [3.63, 3.8) is 0 Å². The first kappa shape index (κ1) is 13.4. The SMILES string of the molecule is CCc1nn(C)cc1-c1ccc(C(=O)O)n1C(C)C. The predicted molar refractivity (Wildman–Crippen MR) is 73.4 cm³/mol. The molecule has 2 aromatic heterocycles. The molecular formula is C14H19N3O2. The molecule has 0 atom stereocenters. The zero-order valence-corrected chi connectivity index (χ0v) is 11.7. The average molecular weight is 261 g/mol. The molecule has 0 radical (unpaired) electrons. The van der Waals surface area contributed by atoms with E-state index in [1.807, 2.05) is 44.6 Å². The molecule has 19 heavy (non-hydrogen) atoms. The van der Waals surface area contributed by atoms with Crippen LogP contribution in [0.25, 0.3) is 11.3 Å². The normalized spacial score (nSPS) is 11.2. The Labute approximate surface area is 112 Å². The van der Waals surface area contributed by atoms with Crippen LogP contribution in [0.1, 0.15) is 43.0 Å². The molecular weight excluding hydrogens is 242 g/mol. The number of hydrogen-bond acceptors (Lipinski definition) is 2. The number of carboxylic acid groups (broad SMARTS) is 1. The molecule has 0 saturated heterocycles. The van der Waals surface area contributed by atoms with Crippen LogP contribution in [0.5, 0.6) is 0 Å². The Hall–Kier alpha value is -2.04. The van der Waals surface area contributed by atoms with E-state index in [1.165, 1.54) is 0 Å². The molecule has 0 aliphatic rings. The third kappa shape index (κ3) is 2.28. The molecule has 102 valence electrons. The molecule has 0 unspecified atom stereocenters. The molecule has 0 bridgehead atoms. The van der Waals surface area contributed by atoms with Gasteiger partial charge in [0, 0.05) is 24.8 Å². The van der Waals surface area contributed by atoms with E-state index in [9.17, 15) is 9.90 Å². The zero-order chi connectivity index (χ0) is 14.2. The first-order valence-electron chi connectivity index (χ1n) is 6.43. The minimum atomic E-state index is -0.901. The van der Waals surface area contributed by atoms with Gasteiger partial charge in [-0.3, -0.25) is 4.68 Å². The lowest BCUT2D eigenvalue weighted by atomic mass is 10.1. The third-order valence-electron chi connectivity index (χ3n) is 3.17. The van der Waals surface area contributed by atoms with E-state index in [4.69, 9.17) is 0 Å². The molecule has 5 nitrogen and oxygen atoms in total. The Kier molecular flexibility index (Phi) is 3.46. The predicted octanol–water partition coefficient (Wildman–Crippen LogP) is 2.73. The van der Waals surface area contributed by atoms with E-state index in [0.717, 1.165) is 23.4 Å². The molecule has 0 aromatic carbocycles. The summed E-state index contributed by atoms with van der Waals surface area (Å²) in [5.74, 6) is -0.901. The fourth-order valence-electron chi connectivity index (χ4n) is 2.41. The molecule has 0 fully saturated rings. The van der Waals surface area contributed by atoms with Gasteiger partial charge in [0.05, 0.1) is 11.4 Å². The van der Waals surface area contributed by atoms with Crippen molar-refractivity contribution in [3.8, 4) is 11.3 Å². The van der Waals surface area contributed by atoms with Gasteiger partial charge in [-0.05, 0) is 32.4 Å². The van der Waals surface area contributed by atoms with Crippen LogP contribution >= 0.6 is 0 Å². The summed E-state index contributed by atoms with van der Waals surface area (Å²) in [6.07, 6.45) is 2.76. The van der Waals surface area contributed by atoms with Crippen LogP contribution in [0, 0.1) is 0 Å². The smallest absolute Gasteiger partial charge is 0.352 e. The Morgan fingerprint density at radius 3 is 2.63 bits per heavy atom. The van der Waals surface area contributed by atoms with E-state index >= 15 is 0 Å². The third-order valence-corrected chi connectivity index (χ3v) is 3.17. The maximum atomic E-state index is 11.3. The quantitative estimate of drug-likeness (QED) is 0.920. The van der Waals surface area contributed by atoms with Crippen molar-refractivity contribution in [2.75, 3.05) is 0 Å². The second-order valence-corrected chi connectivity index (χ2v) is 4.89. The number of aryl methyl sites for hydroxylation is 2. The van der Waals surface area contributed by atoms with Crippen LogP contribution in [0.15, 0.2) is 18.3 Å². The number of aromatic carboxylic acids is 1. The fourth-order valence-corrected chi connectivity index (χ4v) is 2.41. The monoisotopic (exact) mass is 261 g/mol. The largest absolute Gasteiger partial charge is 0.477 e. The van der Waals surface area contributed by atoms with Crippen molar-refractivity contribution < 1.29 is 9.90 Å². The highest BCUT2D eigenvalue weighted by Gasteiger charge is 2.20. The van der Waals surface area contributed by atoms with Gasteiger partial charge in [-0.2, -0.15) is 5.10 Å². The topological polar surface area (TPSA) is 60.1 Å². The summed E-state index contributed by atoms with van der Waals surface area (Å²) in [6.45, 7) is 6.02. The molecule has 0 saturated carbocycles. The van der Waals surface area contributed by atoms with Crippen LogP contribution < -0.4 is 0 Å². The van der Waals surface area contributed by atoms with E-state index in [-0.39, 0.29) is 6.04 Å². The fraction of sp³-hybridized carbons (Fsp3) is 0.429. The molecule has 2 aromatic rings. The Morgan fingerprint density at radius 2 is 2.11 bits per heavy atom. The molecule has 0 aliphatic carbocycles. The summed E-state index contributed by atoms with van der Waals surface area (Å²) in [5.41, 5.74) is 3.22. The summed E-state index contributed by atoms with van der Waals surface area (Å²) >= 11 is 0. The lowest BCUT2D eigenvalue weighted by Gasteiger charge is -2.15. The molecule has 0 aliphatic heterocycles. The molecule has 0 spiro atoms. The maximum Gasteiger partial charge on any atom is 0.352 e. The van der Waals surface area contributed by atoms with Crippen LogP contribution in [0.3, 0.4) is 0 Å². The van der Waals surface area contributed by atoms with Crippen LogP contribution in [0.2, 0.25) is 0 Å². The molecule has 0 amide bonds. The summed E-state index contributed by atoms with van der Waals surface area (Å²) in [6, 6.07) is 3.60. The van der Waals surface area contributed by atoms with E-state index in [0.29, 0.717) is 5.69 Å². The number of nitrogens with zero attached hydrogens (tertiary/aromatic N) is 3. The summed E-state index contributed by atoms with van der Waals surface area (Å²) in [4.78, 5) is 11.3. The van der Waals surface area contributed by atoms with E-state index in [2.05, 4.69) is 5.10 Å². The van der Waals surface area contributed by atoms with Crippen LogP contribution in [-0.4, -0.2) is 25.4 Å². The van der Waals surface area contributed by atoms with Crippen molar-refractivity contribution in [2.45, 2.75) is 33.2 Å². The second-order valence-electron chi connectivity index (χ2n) is 4.89. The van der Waals surface area contributed by atoms with Crippen molar-refractivity contribution in [3.05, 3.63) is 29.7 Å². The lowest BCUT2D eigenvalue weighted by Crippen LogP contribution is -2.11. The summed E-state index contributed by atoms with van der Waals surface area (Å²) in [7, 11) is 1.88. The first-order chi connectivity index (χ1) is 8.95. The van der Waals surface area contributed by atoms with Crippen LogP contribution in [0.4, 0.5) is 0 Å². The van der Waals surface area contributed by atoms with Crippen molar-refractivity contribution in [2.24, 2.45) is 7.05 Å². The summed E-state index contributed by atoms with van der Waals surface area (Å²) < 4.78 is 3.62. The number of carbonyl (C=O) groups is 1. The molecule has 2 heterocycles. The van der Waals surface area contributed by atoms with Crippen molar-refractivity contribution >= 4 is 5.97 Å². The number of rotatable bonds is 4. The standard InChI is InChI=1S/C14H19N3O2/c1-5-11-10(8-16(4)15-11)12-6-7-13(14(18)19)17(12)9(2)3/h6-9H,5H2,1-4H3,(H,18,19). The number of hydrogen-bond donors (Lipinski definition) is 1. The minimum absolute atomic E-state index is 0.0843. The van der Waals surface area contributed by atoms with Gasteiger partial charge in [0.1, 0.15) is 5.69 Å². The van der Waals surface area contributed by atoms with E-state index in [1.54, 1.807) is 10.7 Å². The second kappa shape index (κ2) is 4.91. The highest BCUT2D eigenvalue weighted by molar-refractivity contribution is 5.87. The van der Waals surface area contributed by atoms with Crippen molar-refractivity contribution in [1.29, 1.82) is 0 Å².